The Morgan fingerprint density at radius 2 is 2.43 bits per heavy atom. The topological polar surface area (TPSA) is 24.9 Å². The van der Waals surface area contributed by atoms with Gasteiger partial charge in [-0.05, 0) is 24.7 Å². The molecule has 1 aromatic heterocycles. The van der Waals surface area contributed by atoms with Crippen molar-refractivity contribution in [1.82, 2.24) is 4.98 Å². The van der Waals surface area contributed by atoms with E-state index in [4.69, 9.17) is 11.6 Å². The van der Waals surface area contributed by atoms with Crippen LogP contribution in [-0.4, -0.2) is 11.5 Å². The van der Waals surface area contributed by atoms with Crippen LogP contribution in [0.25, 0.3) is 0 Å². The van der Waals surface area contributed by atoms with Gasteiger partial charge in [0.1, 0.15) is 4.34 Å². The van der Waals surface area contributed by atoms with Crippen LogP contribution in [0, 0.1) is 5.41 Å². The van der Waals surface area contributed by atoms with Crippen LogP contribution in [0.15, 0.2) is 6.20 Å². The van der Waals surface area contributed by atoms with Gasteiger partial charge < -0.3 is 5.32 Å². The molecule has 1 heterocycles. The molecule has 2 nitrogen and oxygen atoms in total. The molecule has 1 saturated carbocycles. The van der Waals surface area contributed by atoms with Crippen LogP contribution >= 0.6 is 22.9 Å². The summed E-state index contributed by atoms with van der Waals surface area (Å²) in [5.74, 6) is 0. The summed E-state index contributed by atoms with van der Waals surface area (Å²) in [4.78, 5) is 4.19. The van der Waals surface area contributed by atoms with E-state index >= 15 is 0 Å². The molecule has 0 unspecified atom stereocenters. The minimum Gasteiger partial charge on any atom is -0.361 e. The first kappa shape index (κ1) is 10.2. The molecule has 0 spiro atoms. The Labute approximate surface area is 93.7 Å². The lowest BCUT2D eigenvalue weighted by Gasteiger charge is -2.41. The molecule has 14 heavy (non-hydrogen) atoms. The van der Waals surface area contributed by atoms with Gasteiger partial charge in [-0.3, -0.25) is 0 Å². The Morgan fingerprint density at radius 1 is 1.64 bits per heavy atom. The number of thiazole rings is 1. The van der Waals surface area contributed by atoms with Crippen LogP contribution in [0.5, 0.6) is 0 Å². The Bertz CT molecular complexity index is 301. The molecule has 0 atom stereocenters. The minimum absolute atomic E-state index is 0.540. The zero-order chi connectivity index (χ0) is 10.0. The highest BCUT2D eigenvalue weighted by Crippen LogP contribution is 2.43. The monoisotopic (exact) mass is 230 g/mol. The molecule has 0 radical (unpaired) electrons. The van der Waals surface area contributed by atoms with Gasteiger partial charge in [0.25, 0.3) is 0 Å². The third-order valence-electron chi connectivity index (χ3n) is 3.26. The van der Waals surface area contributed by atoms with E-state index in [1.54, 1.807) is 6.20 Å². The first-order valence-electron chi connectivity index (χ1n) is 5.09. The smallest absolute Gasteiger partial charge is 0.184 e. The van der Waals surface area contributed by atoms with Gasteiger partial charge in [-0.2, -0.15) is 0 Å². The molecule has 1 aliphatic rings. The molecule has 1 aliphatic carbocycles. The first-order chi connectivity index (χ1) is 6.74. The molecule has 1 fully saturated rings. The summed E-state index contributed by atoms with van der Waals surface area (Å²) in [6.07, 6.45) is 7.06. The SMILES string of the molecule is CCC1(CNc2ncc(Cl)s2)CCC1. The predicted molar refractivity (Wildman–Crippen MR) is 62.2 cm³/mol. The van der Waals surface area contributed by atoms with E-state index in [9.17, 15) is 0 Å². The highest BCUT2D eigenvalue weighted by Gasteiger charge is 2.34. The number of halogens is 1. The molecular formula is C10H15ClN2S. The van der Waals surface area contributed by atoms with Gasteiger partial charge >= 0.3 is 0 Å². The van der Waals surface area contributed by atoms with Gasteiger partial charge in [0.2, 0.25) is 0 Å². The second-order valence-corrected chi connectivity index (χ2v) is 5.69. The zero-order valence-corrected chi connectivity index (χ0v) is 9.92. The molecule has 0 aromatic carbocycles. The van der Waals surface area contributed by atoms with Crippen molar-refractivity contribution >= 4 is 28.1 Å². The van der Waals surface area contributed by atoms with Crippen LogP contribution in [0.3, 0.4) is 0 Å². The zero-order valence-electron chi connectivity index (χ0n) is 8.35. The Kier molecular flexibility index (Phi) is 2.98. The van der Waals surface area contributed by atoms with Crippen molar-refractivity contribution in [2.75, 3.05) is 11.9 Å². The van der Waals surface area contributed by atoms with Gasteiger partial charge in [0.05, 0.1) is 6.20 Å². The third kappa shape index (κ3) is 2.04. The lowest BCUT2D eigenvalue weighted by Crippen LogP contribution is -2.35. The third-order valence-corrected chi connectivity index (χ3v) is 4.33. The number of hydrogen-bond donors (Lipinski definition) is 1. The van der Waals surface area contributed by atoms with Crippen molar-refractivity contribution < 1.29 is 0 Å². The summed E-state index contributed by atoms with van der Waals surface area (Å²) < 4.78 is 0.756. The van der Waals surface area contributed by atoms with Crippen molar-refractivity contribution in [3.8, 4) is 0 Å². The number of nitrogens with one attached hydrogen (secondary N) is 1. The maximum atomic E-state index is 5.81. The second-order valence-electron chi connectivity index (χ2n) is 4.03. The van der Waals surface area contributed by atoms with Gasteiger partial charge in [-0.1, -0.05) is 36.3 Å². The standard InChI is InChI=1S/C10H15ClN2S/c1-2-10(4-3-5-10)7-13-9-12-6-8(11)14-9/h6H,2-5,7H2,1H3,(H,12,13). The maximum Gasteiger partial charge on any atom is 0.184 e. The van der Waals surface area contributed by atoms with Gasteiger partial charge in [0.15, 0.2) is 5.13 Å². The molecule has 0 bridgehead atoms. The van der Waals surface area contributed by atoms with Crippen molar-refractivity contribution in [2.45, 2.75) is 32.6 Å². The van der Waals surface area contributed by atoms with Gasteiger partial charge in [-0.25, -0.2) is 4.98 Å². The number of rotatable bonds is 4. The fourth-order valence-corrected chi connectivity index (χ4v) is 2.74. The number of anilines is 1. The molecular weight excluding hydrogens is 216 g/mol. The highest BCUT2D eigenvalue weighted by atomic mass is 35.5. The summed E-state index contributed by atoms with van der Waals surface area (Å²) in [5, 5.41) is 4.34. The van der Waals surface area contributed by atoms with E-state index in [2.05, 4.69) is 17.2 Å². The molecule has 4 heteroatoms. The van der Waals surface area contributed by atoms with E-state index in [1.807, 2.05) is 0 Å². The van der Waals surface area contributed by atoms with E-state index < -0.39 is 0 Å². The summed E-state index contributed by atoms with van der Waals surface area (Å²) in [7, 11) is 0. The lowest BCUT2D eigenvalue weighted by molar-refractivity contribution is 0.145. The molecule has 2 rings (SSSR count). The molecule has 0 aliphatic heterocycles. The quantitative estimate of drug-likeness (QED) is 0.852. The van der Waals surface area contributed by atoms with Crippen molar-refractivity contribution in [1.29, 1.82) is 0 Å². The van der Waals surface area contributed by atoms with Crippen LogP contribution in [-0.2, 0) is 0 Å². The number of aromatic nitrogens is 1. The predicted octanol–water partition coefficient (Wildman–Crippen LogP) is 3.79. The fraction of sp³-hybridized carbons (Fsp3) is 0.700. The van der Waals surface area contributed by atoms with E-state index in [-0.39, 0.29) is 0 Å². The molecule has 78 valence electrons. The highest BCUT2D eigenvalue weighted by molar-refractivity contribution is 7.19. The molecule has 1 aromatic rings. The van der Waals surface area contributed by atoms with Gasteiger partial charge in [0, 0.05) is 6.54 Å². The van der Waals surface area contributed by atoms with Crippen molar-refractivity contribution in [3.63, 3.8) is 0 Å². The lowest BCUT2D eigenvalue weighted by atomic mass is 9.67. The Balaban J connectivity index is 1.87. The largest absolute Gasteiger partial charge is 0.361 e. The second kappa shape index (κ2) is 4.07. The summed E-state index contributed by atoms with van der Waals surface area (Å²) >= 11 is 7.32. The molecule has 0 saturated heterocycles. The van der Waals surface area contributed by atoms with Crippen LogP contribution in [0.1, 0.15) is 32.6 Å². The Morgan fingerprint density at radius 3 is 2.86 bits per heavy atom. The Hall–Kier alpha value is -0.280. The van der Waals surface area contributed by atoms with Crippen LogP contribution < -0.4 is 5.32 Å². The average molecular weight is 231 g/mol. The van der Waals surface area contributed by atoms with E-state index in [1.165, 1.54) is 37.0 Å². The maximum absolute atomic E-state index is 5.81. The van der Waals surface area contributed by atoms with Crippen molar-refractivity contribution in [3.05, 3.63) is 10.5 Å². The summed E-state index contributed by atoms with van der Waals surface area (Å²) in [5.41, 5.74) is 0.540. The fourth-order valence-electron chi connectivity index (χ4n) is 1.93. The van der Waals surface area contributed by atoms with E-state index in [0.29, 0.717) is 5.41 Å². The number of hydrogen-bond acceptors (Lipinski definition) is 3. The average Bonchev–Trinajstić information content (AvgIpc) is 2.50. The molecule has 0 amide bonds. The first-order valence-corrected chi connectivity index (χ1v) is 6.29. The minimum atomic E-state index is 0.540. The number of nitrogens with zero attached hydrogens (tertiary/aromatic N) is 1. The van der Waals surface area contributed by atoms with Gasteiger partial charge in [-0.15, -0.1) is 0 Å². The molecule has 1 N–H and O–H groups in total. The summed E-state index contributed by atoms with van der Waals surface area (Å²) in [6.45, 7) is 3.32. The van der Waals surface area contributed by atoms with Crippen LogP contribution in [0.4, 0.5) is 5.13 Å². The van der Waals surface area contributed by atoms with Crippen LogP contribution in [0.2, 0.25) is 4.34 Å². The summed E-state index contributed by atoms with van der Waals surface area (Å²) in [6, 6.07) is 0. The van der Waals surface area contributed by atoms with Crippen molar-refractivity contribution in [2.24, 2.45) is 5.41 Å². The normalized spacial score (nSPS) is 19.0. The van der Waals surface area contributed by atoms with E-state index in [0.717, 1.165) is 16.0 Å².